The fourth-order valence-electron chi connectivity index (χ4n) is 4.97. The lowest BCUT2D eigenvalue weighted by molar-refractivity contribution is 0.0697. The summed E-state index contributed by atoms with van der Waals surface area (Å²) >= 11 is 0. The number of carbonyl (C=O) groups is 2. The molecule has 2 aliphatic rings. The monoisotopic (exact) mass is 476 g/mol. The van der Waals surface area contributed by atoms with Crippen molar-refractivity contribution in [1.29, 1.82) is 0 Å². The van der Waals surface area contributed by atoms with E-state index in [2.05, 4.69) is 10.4 Å². The highest BCUT2D eigenvalue weighted by Gasteiger charge is 2.30. The van der Waals surface area contributed by atoms with E-state index in [9.17, 15) is 14.0 Å². The van der Waals surface area contributed by atoms with Crippen LogP contribution in [0, 0.1) is 5.82 Å². The number of aromatic nitrogens is 2. The SMILES string of the molecule is CCOc1ccc(C(=O)N2CCC(NC(=O)c3nn(-c4ccccc4F)c4c3CCC4)CC2)cc1. The zero-order chi connectivity index (χ0) is 24.4. The van der Waals surface area contributed by atoms with Crippen LogP contribution < -0.4 is 10.1 Å². The van der Waals surface area contributed by atoms with Gasteiger partial charge in [-0.2, -0.15) is 5.10 Å². The summed E-state index contributed by atoms with van der Waals surface area (Å²) < 4.78 is 21.4. The maximum absolute atomic E-state index is 14.4. The smallest absolute Gasteiger partial charge is 0.272 e. The maximum atomic E-state index is 14.4. The number of halogens is 1. The van der Waals surface area contributed by atoms with Gasteiger partial charge in [-0.25, -0.2) is 9.07 Å². The Kier molecular flexibility index (Phi) is 6.53. The van der Waals surface area contributed by atoms with Crippen LogP contribution in [0.4, 0.5) is 4.39 Å². The minimum absolute atomic E-state index is 0.0146. The first-order valence-electron chi connectivity index (χ1n) is 12.2. The fraction of sp³-hybridized carbons (Fsp3) is 0.370. The number of carbonyl (C=O) groups excluding carboxylic acids is 2. The molecule has 182 valence electrons. The van der Waals surface area contributed by atoms with Crippen LogP contribution in [0.15, 0.2) is 48.5 Å². The van der Waals surface area contributed by atoms with Crippen molar-refractivity contribution < 1.29 is 18.7 Å². The van der Waals surface area contributed by atoms with Gasteiger partial charge in [-0.3, -0.25) is 9.59 Å². The highest BCUT2D eigenvalue weighted by atomic mass is 19.1. The van der Waals surface area contributed by atoms with Crippen molar-refractivity contribution in [1.82, 2.24) is 20.0 Å². The molecule has 8 heteroatoms. The Balaban J connectivity index is 1.22. The number of hydrogen-bond donors (Lipinski definition) is 1. The first kappa shape index (κ1) is 23.1. The quantitative estimate of drug-likeness (QED) is 0.585. The Bertz CT molecular complexity index is 1230. The van der Waals surface area contributed by atoms with Crippen molar-refractivity contribution in [2.45, 2.75) is 45.1 Å². The molecule has 0 unspecified atom stereocenters. The molecule has 1 aliphatic carbocycles. The third-order valence-electron chi connectivity index (χ3n) is 6.76. The molecule has 1 saturated heterocycles. The van der Waals surface area contributed by atoms with E-state index in [0.717, 1.165) is 36.3 Å². The highest BCUT2D eigenvalue weighted by molar-refractivity contribution is 5.95. The van der Waals surface area contributed by atoms with Crippen LogP contribution in [0.1, 0.15) is 58.3 Å². The van der Waals surface area contributed by atoms with Gasteiger partial charge < -0.3 is 15.0 Å². The van der Waals surface area contributed by atoms with E-state index in [1.165, 1.54) is 6.07 Å². The van der Waals surface area contributed by atoms with Crippen molar-refractivity contribution in [2.75, 3.05) is 19.7 Å². The van der Waals surface area contributed by atoms with Crippen LogP contribution in [0.2, 0.25) is 0 Å². The van der Waals surface area contributed by atoms with E-state index in [1.807, 2.05) is 24.0 Å². The van der Waals surface area contributed by atoms with Gasteiger partial charge in [-0.05, 0) is 75.4 Å². The molecule has 1 aromatic heterocycles. The summed E-state index contributed by atoms with van der Waals surface area (Å²) in [5.41, 5.74) is 3.20. The van der Waals surface area contributed by atoms with Crippen molar-refractivity contribution in [3.8, 4) is 11.4 Å². The van der Waals surface area contributed by atoms with Gasteiger partial charge in [0, 0.05) is 36.0 Å². The van der Waals surface area contributed by atoms with Gasteiger partial charge in [0.2, 0.25) is 0 Å². The number of amides is 2. The van der Waals surface area contributed by atoms with E-state index < -0.39 is 0 Å². The molecule has 2 aromatic carbocycles. The Hall–Kier alpha value is -3.68. The number of ether oxygens (including phenoxy) is 1. The number of nitrogens with zero attached hydrogens (tertiary/aromatic N) is 3. The molecule has 2 amide bonds. The van der Waals surface area contributed by atoms with Crippen LogP contribution in [0.25, 0.3) is 5.69 Å². The van der Waals surface area contributed by atoms with E-state index in [4.69, 9.17) is 4.74 Å². The number of benzene rings is 2. The minimum Gasteiger partial charge on any atom is -0.494 e. The minimum atomic E-state index is -0.360. The van der Waals surface area contributed by atoms with Crippen LogP contribution in [-0.2, 0) is 12.8 Å². The predicted octanol–water partition coefficient (Wildman–Crippen LogP) is 3.93. The average Bonchev–Trinajstić information content (AvgIpc) is 3.48. The van der Waals surface area contributed by atoms with Crippen LogP contribution in [-0.4, -0.2) is 52.2 Å². The van der Waals surface area contributed by atoms with E-state index in [1.54, 1.807) is 35.0 Å². The number of para-hydroxylation sites is 1. The molecule has 1 aliphatic heterocycles. The lowest BCUT2D eigenvalue weighted by atomic mass is 10.0. The van der Waals surface area contributed by atoms with Crippen molar-refractivity contribution in [3.63, 3.8) is 0 Å². The number of piperidine rings is 1. The molecule has 0 radical (unpaired) electrons. The summed E-state index contributed by atoms with van der Waals surface area (Å²) in [7, 11) is 0. The lowest BCUT2D eigenvalue weighted by Crippen LogP contribution is -2.46. The first-order valence-corrected chi connectivity index (χ1v) is 12.2. The van der Waals surface area contributed by atoms with E-state index in [-0.39, 0.29) is 23.7 Å². The summed E-state index contributed by atoms with van der Waals surface area (Å²) in [6, 6.07) is 13.6. The Morgan fingerprint density at radius 2 is 1.83 bits per heavy atom. The van der Waals surface area contributed by atoms with E-state index >= 15 is 0 Å². The van der Waals surface area contributed by atoms with Gasteiger partial charge in [-0.1, -0.05) is 12.1 Å². The maximum Gasteiger partial charge on any atom is 0.272 e. The average molecular weight is 477 g/mol. The molecule has 35 heavy (non-hydrogen) atoms. The third-order valence-corrected chi connectivity index (χ3v) is 6.76. The van der Waals surface area contributed by atoms with Crippen LogP contribution in [0.3, 0.4) is 0 Å². The fourth-order valence-corrected chi connectivity index (χ4v) is 4.97. The molecular formula is C27H29FN4O3. The third kappa shape index (κ3) is 4.65. The molecule has 0 atom stereocenters. The lowest BCUT2D eigenvalue weighted by Gasteiger charge is -2.32. The molecule has 2 heterocycles. The zero-order valence-electron chi connectivity index (χ0n) is 19.8. The molecule has 0 bridgehead atoms. The summed E-state index contributed by atoms with van der Waals surface area (Å²) in [5, 5.41) is 7.62. The zero-order valence-corrected chi connectivity index (χ0v) is 19.8. The van der Waals surface area contributed by atoms with Gasteiger partial charge in [-0.15, -0.1) is 0 Å². The predicted molar refractivity (Wildman–Crippen MR) is 130 cm³/mol. The van der Waals surface area contributed by atoms with Gasteiger partial charge in [0.25, 0.3) is 11.8 Å². The summed E-state index contributed by atoms with van der Waals surface area (Å²) in [4.78, 5) is 27.8. The van der Waals surface area contributed by atoms with Crippen molar-refractivity contribution in [2.24, 2.45) is 0 Å². The Morgan fingerprint density at radius 1 is 1.09 bits per heavy atom. The second-order valence-electron chi connectivity index (χ2n) is 8.99. The van der Waals surface area contributed by atoms with E-state index in [0.29, 0.717) is 49.5 Å². The van der Waals surface area contributed by atoms with Crippen LogP contribution in [0.5, 0.6) is 5.75 Å². The van der Waals surface area contributed by atoms with Crippen LogP contribution >= 0.6 is 0 Å². The topological polar surface area (TPSA) is 76.5 Å². The normalized spacial score (nSPS) is 15.7. The van der Waals surface area contributed by atoms with Gasteiger partial charge >= 0.3 is 0 Å². The molecule has 3 aromatic rings. The largest absolute Gasteiger partial charge is 0.494 e. The van der Waals surface area contributed by atoms with Crippen molar-refractivity contribution >= 4 is 11.8 Å². The number of fused-ring (bicyclic) bond motifs is 1. The number of hydrogen-bond acceptors (Lipinski definition) is 4. The summed E-state index contributed by atoms with van der Waals surface area (Å²) in [6.45, 7) is 3.64. The number of likely N-dealkylation sites (tertiary alicyclic amines) is 1. The molecular weight excluding hydrogens is 447 g/mol. The highest BCUT2D eigenvalue weighted by Crippen LogP contribution is 2.29. The first-order chi connectivity index (χ1) is 17.0. The molecule has 5 rings (SSSR count). The summed E-state index contributed by atoms with van der Waals surface area (Å²) in [5.74, 6) is 0.143. The molecule has 1 fully saturated rings. The van der Waals surface area contributed by atoms with Gasteiger partial charge in [0.15, 0.2) is 5.69 Å². The standard InChI is InChI=1S/C27H29FN4O3/c1-2-35-20-12-10-18(11-13-20)27(34)31-16-14-19(15-17-31)29-26(33)25-21-6-5-9-23(21)32(30-25)24-8-4-3-7-22(24)28/h3-4,7-8,10-13,19H,2,5-6,9,14-17H2,1H3,(H,29,33). The second-order valence-corrected chi connectivity index (χ2v) is 8.99. The molecule has 1 N–H and O–H groups in total. The molecule has 0 spiro atoms. The Labute approximate surface area is 203 Å². The van der Waals surface area contributed by atoms with Gasteiger partial charge in [0.1, 0.15) is 17.3 Å². The van der Waals surface area contributed by atoms with Crippen molar-refractivity contribution in [3.05, 3.63) is 76.9 Å². The summed E-state index contributed by atoms with van der Waals surface area (Å²) in [6.07, 6.45) is 3.81. The Morgan fingerprint density at radius 3 is 2.54 bits per heavy atom. The number of rotatable bonds is 6. The molecule has 0 saturated carbocycles. The molecule has 7 nitrogen and oxygen atoms in total. The second kappa shape index (κ2) is 9.90. The van der Waals surface area contributed by atoms with Gasteiger partial charge in [0.05, 0.1) is 6.61 Å². The number of nitrogens with one attached hydrogen (secondary N) is 1.